The van der Waals surface area contributed by atoms with Crippen molar-refractivity contribution in [2.75, 3.05) is 12.4 Å². The molecule has 2 aromatic carbocycles. The van der Waals surface area contributed by atoms with Gasteiger partial charge in [0.15, 0.2) is 0 Å². The molecule has 3 rings (SSSR count). The third-order valence-electron chi connectivity index (χ3n) is 3.78. The fraction of sp³-hybridized carbons (Fsp3) is 0.0625. The van der Waals surface area contributed by atoms with E-state index in [1.165, 1.54) is 18.2 Å². The second-order valence-electron chi connectivity index (χ2n) is 5.39. The second kappa shape index (κ2) is 6.26. The predicted octanol–water partition coefficient (Wildman–Crippen LogP) is 3.12. The fourth-order valence-corrected chi connectivity index (χ4v) is 3.93. The summed E-state index contributed by atoms with van der Waals surface area (Å²) < 4.78 is 52.1. The quantitative estimate of drug-likeness (QED) is 0.811. The number of benzene rings is 2. The fourth-order valence-electron chi connectivity index (χ4n) is 2.46. The summed E-state index contributed by atoms with van der Waals surface area (Å²) in [6.45, 7) is 0. The smallest absolute Gasteiger partial charge is 0.266 e. The SMILES string of the molecule is CN1C(O)=C(C(=O)Nc2ccc(F)cc2F)c2cc(Cl)ccc2S1(=O)=O. The van der Waals surface area contributed by atoms with Gasteiger partial charge in [0.05, 0.1) is 10.6 Å². The first-order chi connectivity index (χ1) is 12.1. The highest BCUT2D eigenvalue weighted by molar-refractivity contribution is 7.89. The highest BCUT2D eigenvalue weighted by atomic mass is 35.5. The molecule has 0 atom stereocenters. The van der Waals surface area contributed by atoms with Crippen LogP contribution >= 0.6 is 11.6 Å². The maximum absolute atomic E-state index is 13.8. The van der Waals surface area contributed by atoms with Gasteiger partial charge < -0.3 is 10.4 Å². The van der Waals surface area contributed by atoms with E-state index in [0.717, 1.165) is 19.2 Å². The van der Waals surface area contributed by atoms with Crippen molar-refractivity contribution in [3.63, 3.8) is 0 Å². The van der Waals surface area contributed by atoms with Crippen LogP contribution in [0, 0.1) is 11.6 Å². The van der Waals surface area contributed by atoms with Crippen molar-refractivity contribution >= 4 is 38.8 Å². The van der Waals surface area contributed by atoms with E-state index in [4.69, 9.17) is 11.6 Å². The monoisotopic (exact) mass is 400 g/mol. The van der Waals surface area contributed by atoms with E-state index in [0.29, 0.717) is 10.4 Å². The average molecular weight is 401 g/mol. The molecule has 136 valence electrons. The second-order valence-corrected chi connectivity index (χ2v) is 7.76. The highest BCUT2D eigenvalue weighted by Gasteiger charge is 2.37. The lowest BCUT2D eigenvalue weighted by molar-refractivity contribution is -0.111. The predicted molar refractivity (Wildman–Crippen MR) is 90.9 cm³/mol. The molecule has 0 saturated carbocycles. The van der Waals surface area contributed by atoms with Crippen LogP contribution in [0.1, 0.15) is 5.56 Å². The lowest BCUT2D eigenvalue weighted by Crippen LogP contribution is -2.34. The van der Waals surface area contributed by atoms with Crippen LogP contribution < -0.4 is 5.32 Å². The van der Waals surface area contributed by atoms with Crippen molar-refractivity contribution < 1.29 is 27.1 Å². The van der Waals surface area contributed by atoms with Crippen molar-refractivity contribution in [2.24, 2.45) is 0 Å². The zero-order valence-electron chi connectivity index (χ0n) is 13.1. The Morgan fingerprint density at radius 3 is 2.54 bits per heavy atom. The number of hydrogen-bond acceptors (Lipinski definition) is 4. The molecule has 0 bridgehead atoms. The third kappa shape index (κ3) is 2.89. The van der Waals surface area contributed by atoms with E-state index in [1.807, 2.05) is 0 Å². The Kier molecular flexibility index (Phi) is 4.37. The van der Waals surface area contributed by atoms with Gasteiger partial charge in [0.2, 0.25) is 5.88 Å². The van der Waals surface area contributed by atoms with Crippen LogP contribution in [0.15, 0.2) is 47.2 Å². The Morgan fingerprint density at radius 1 is 1.19 bits per heavy atom. The van der Waals surface area contributed by atoms with Gasteiger partial charge in [0, 0.05) is 23.7 Å². The summed E-state index contributed by atoms with van der Waals surface area (Å²) in [5.74, 6) is -3.69. The van der Waals surface area contributed by atoms with Crippen LogP contribution in [0.25, 0.3) is 5.57 Å². The number of hydrogen-bond donors (Lipinski definition) is 2. The molecule has 10 heteroatoms. The molecule has 1 heterocycles. The van der Waals surface area contributed by atoms with Crippen molar-refractivity contribution in [1.82, 2.24) is 4.31 Å². The minimum atomic E-state index is -4.08. The third-order valence-corrected chi connectivity index (χ3v) is 5.82. The van der Waals surface area contributed by atoms with Crippen LogP contribution in [0.5, 0.6) is 0 Å². The van der Waals surface area contributed by atoms with Crippen molar-refractivity contribution in [2.45, 2.75) is 4.90 Å². The summed E-state index contributed by atoms with van der Waals surface area (Å²) in [6.07, 6.45) is 0. The molecule has 0 fully saturated rings. The van der Waals surface area contributed by atoms with Crippen molar-refractivity contribution in [1.29, 1.82) is 0 Å². The lowest BCUT2D eigenvalue weighted by atomic mass is 10.0. The maximum Gasteiger partial charge on any atom is 0.266 e. The molecule has 0 unspecified atom stereocenters. The summed E-state index contributed by atoms with van der Waals surface area (Å²) in [6, 6.07) is 6.24. The summed E-state index contributed by atoms with van der Waals surface area (Å²) in [5, 5.41) is 12.6. The van der Waals surface area contributed by atoms with Gasteiger partial charge in [-0.1, -0.05) is 11.6 Å². The van der Waals surface area contributed by atoms with Gasteiger partial charge in [-0.2, -0.15) is 0 Å². The van der Waals surface area contributed by atoms with E-state index in [-0.39, 0.29) is 21.2 Å². The Morgan fingerprint density at radius 2 is 1.88 bits per heavy atom. The first-order valence-corrected chi connectivity index (χ1v) is 8.93. The van der Waals surface area contributed by atoms with Crippen LogP contribution in [0.4, 0.5) is 14.5 Å². The number of carbonyl (C=O) groups is 1. The molecule has 0 aromatic heterocycles. The van der Waals surface area contributed by atoms with Crippen LogP contribution in [0.2, 0.25) is 5.02 Å². The minimum Gasteiger partial charge on any atom is -0.493 e. The van der Waals surface area contributed by atoms with Crippen molar-refractivity contribution in [3.05, 3.63) is 64.5 Å². The van der Waals surface area contributed by atoms with E-state index >= 15 is 0 Å². The van der Waals surface area contributed by atoms with Gasteiger partial charge in [0.25, 0.3) is 15.9 Å². The number of nitrogens with zero attached hydrogens (tertiary/aromatic N) is 1. The zero-order valence-corrected chi connectivity index (χ0v) is 14.7. The molecule has 1 amide bonds. The Bertz CT molecular complexity index is 1070. The van der Waals surface area contributed by atoms with Crippen LogP contribution in [0.3, 0.4) is 0 Å². The van der Waals surface area contributed by atoms with E-state index in [9.17, 15) is 27.1 Å². The Hall–Kier alpha value is -2.65. The van der Waals surface area contributed by atoms with Gasteiger partial charge in [-0.25, -0.2) is 21.5 Å². The Labute approximate surface area is 152 Å². The molecule has 6 nitrogen and oxygen atoms in total. The number of carbonyl (C=O) groups excluding carboxylic acids is 1. The number of rotatable bonds is 2. The molecule has 26 heavy (non-hydrogen) atoms. The summed E-state index contributed by atoms with van der Waals surface area (Å²) >= 11 is 5.88. The normalized spacial score (nSPS) is 15.6. The highest BCUT2D eigenvalue weighted by Crippen LogP contribution is 2.37. The summed E-state index contributed by atoms with van der Waals surface area (Å²) in [5.41, 5.74) is -0.881. The summed E-state index contributed by atoms with van der Waals surface area (Å²) in [4.78, 5) is 12.3. The molecule has 0 saturated heterocycles. The van der Waals surface area contributed by atoms with Crippen LogP contribution in [-0.4, -0.2) is 30.8 Å². The first-order valence-electron chi connectivity index (χ1n) is 7.11. The lowest BCUT2D eigenvalue weighted by Gasteiger charge is -2.27. The number of sulfonamides is 1. The van der Waals surface area contributed by atoms with E-state index < -0.39 is 39.0 Å². The number of aliphatic hydroxyl groups is 1. The molecule has 1 aliphatic heterocycles. The summed E-state index contributed by atoms with van der Waals surface area (Å²) in [7, 11) is -3.01. The van der Waals surface area contributed by atoms with Gasteiger partial charge in [-0.3, -0.25) is 4.79 Å². The number of nitrogens with one attached hydrogen (secondary N) is 1. The zero-order chi connectivity index (χ0) is 19.2. The average Bonchev–Trinajstić information content (AvgIpc) is 2.55. The number of anilines is 1. The largest absolute Gasteiger partial charge is 0.493 e. The molecule has 0 spiro atoms. The molecular formula is C16H11ClF2N2O4S. The molecule has 2 N–H and O–H groups in total. The molecule has 1 aliphatic rings. The number of aliphatic hydroxyl groups excluding tert-OH is 1. The minimum absolute atomic E-state index is 0.131. The van der Waals surface area contributed by atoms with E-state index in [2.05, 4.69) is 5.32 Å². The first kappa shape index (κ1) is 18.2. The Balaban J connectivity index is 2.12. The van der Waals surface area contributed by atoms with Crippen molar-refractivity contribution in [3.8, 4) is 0 Å². The number of fused-ring (bicyclic) bond motifs is 1. The molecule has 0 radical (unpaired) electrons. The van der Waals surface area contributed by atoms with Gasteiger partial charge in [-0.05, 0) is 30.3 Å². The molecule has 0 aliphatic carbocycles. The van der Waals surface area contributed by atoms with Gasteiger partial charge in [-0.15, -0.1) is 0 Å². The number of halogens is 3. The molecule has 2 aromatic rings. The van der Waals surface area contributed by atoms with Crippen LogP contribution in [-0.2, 0) is 14.8 Å². The number of amides is 1. The molecular weight excluding hydrogens is 390 g/mol. The topological polar surface area (TPSA) is 86.7 Å². The van der Waals surface area contributed by atoms with Gasteiger partial charge in [0.1, 0.15) is 17.2 Å². The standard InChI is InChI=1S/C16H11ClF2N2O4S/c1-21-16(23)14(10-6-8(17)2-5-13(10)26(21,24)25)15(22)20-12-4-3-9(18)7-11(12)19/h2-7,23H,1H3,(H,20,22). The van der Waals surface area contributed by atoms with E-state index in [1.54, 1.807) is 0 Å². The van der Waals surface area contributed by atoms with Gasteiger partial charge >= 0.3 is 0 Å². The maximum atomic E-state index is 13.8.